The van der Waals surface area contributed by atoms with E-state index < -0.39 is 0 Å². The Morgan fingerprint density at radius 2 is 1.63 bits per heavy atom. The molecule has 4 heteroatoms. The second-order valence-electron chi connectivity index (χ2n) is 4.51. The number of rotatable bonds is 3. The number of benzene rings is 2. The number of carbonyl (C=O) groups is 1. The van der Waals surface area contributed by atoms with Crippen molar-refractivity contribution in [2.75, 3.05) is 10.7 Å². The number of amides is 1. The number of anilines is 2. The Kier molecular flexibility index (Phi) is 3.82. The normalized spacial score (nSPS) is 10.1. The van der Waals surface area contributed by atoms with E-state index in [0.29, 0.717) is 11.3 Å². The van der Waals surface area contributed by atoms with E-state index in [1.807, 2.05) is 44.2 Å². The molecule has 0 spiro atoms. The average Bonchev–Trinajstić information content (AvgIpc) is 2.41. The number of hydrogen-bond acceptors (Lipinski definition) is 3. The molecule has 98 valence electrons. The molecule has 0 radical (unpaired) electrons. The van der Waals surface area contributed by atoms with E-state index in [1.54, 1.807) is 12.1 Å². The largest absolute Gasteiger partial charge is 0.323 e. The van der Waals surface area contributed by atoms with Gasteiger partial charge in [-0.1, -0.05) is 29.3 Å². The fraction of sp³-hybridized carbons (Fsp3) is 0.133. The summed E-state index contributed by atoms with van der Waals surface area (Å²) in [6.07, 6.45) is 0. The van der Waals surface area contributed by atoms with Crippen LogP contribution in [0.5, 0.6) is 0 Å². The van der Waals surface area contributed by atoms with Crippen LogP contribution in [-0.2, 0) is 0 Å². The Balaban J connectivity index is 2.24. The van der Waals surface area contributed by atoms with Crippen LogP contribution < -0.4 is 16.6 Å². The molecule has 2 aromatic rings. The highest BCUT2D eigenvalue weighted by Gasteiger charge is 2.11. The molecule has 0 heterocycles. The minimum absolute atomic E-state index is 0.180. The summed E-state index contributed by atoms with van der Waals surface area (Å²) in [5.74, 6) is 5.24. The van der Waals surface area contributed by atoms with Gasteiger partial charge in [-0.2, -0.15) is 0 Å². The van der Waals surface area contributed by atoms with Crippen LogP contribution >= 0.6 is 0 Å². The van der Waals surface area contributed by atoms with Crippen molar-refractivity contribution in [3.05, 3.63) is 59.2 Å². The van der Waals surface area contributed by atoms with Crippen molar-refractivity contribution < 1.29 is 4.79 Å². The minimum atomic E-state index is -0.180. The molecule has 0 saturated heterocycles. The molecule has 2 aromatic carbocycles. The van der Waals surface area contributed by atoms with Crippen LogP contribution in [0.2, 0.25) is 0 Å². The number of nitrogen functional groups attached to an aromatic ring is 1. The Hall–Kier alpha value is -2.33. The third-order valence-corrected chi connectivity index (χ3v) is 2.88. The zero-order valence-corrected chi connectivity index (χ0v) is 11.0. The molecule has 2 rings (SSSR count). The van der Waals surface area contributed by atoms with Crippen molar-refractivity contribution in [3.8, 4) is 0 Å². The molecule has 0 fully saturated rings. The van der Waals surface area contributed by atoms with Gasteiger partial charge in [-0.25, -0.2) is 0 Å². The number of carbonyl (C=O) groups excluding carboxylic acids is 1. The zero-order chi connectivity index (χ0) is 13.8. The van der Waals surface area contributed by atoms with Crippen molar-refractivity contribution in [1.82, 2.24) is 0 Å². The lowest BCUT2D eigenvalue weighted by Crippen LogP contribution is -2.17. The molecule has 0 saturated carbocycles. The van der Waals surface area contributed by atoms with E-state index in [1.165, 1.54) is 0 Å². The second kappa shape index (κ2) is 5.54. The predicted octanol–water partition coefficient (Wildman–Crippen LogP) is 2.84. The third-order valence-electron chi connectivity index (χ3n) is 2.88. The zero-order valence-electron chi connectivity index (χ0n) is 11.0. The van der Waals surface area contributed by atoms with E-state index in [9.17, 15) is 4.79 Å². The smallest absolute Gasteiger partial charge is 0.257 e. The van der Waals surface area contributed by atoms with Gasteiger partial charge in [-0.15, -0.1) is 0 Å². The van der Waals surface area contributed by atoms with Gasteiger partial charge < -0.3 is 10.7 Å². The van der Waals surface area contributed by atoms with Crippen molar-refractivity contribution >= 4 is 17.3 Å². The van der Waals surface area contributed by atoms with E-state index in [2.05, 4.69) is 10.7 Å². The molecule has 0 aliphatic carbocycles. The topological polar surface area (TPSA) is 67.2 Å². The van der Waals surface area contributed by atoms with Gasteiger partial charge in [0.2, 0.25) is 0 Å². The third kappa shape index (κ3) is 3.11. The molecule has 0 aromatic heterocycles. The lowest BCUT2D eigenvalue weighted by molar-refractivity contribution is 0.102. The highest BCUT2D eigenvalue weighted by molar-refractivity contribution is 6.08. The molecule has 0 aliphatic rings. The highest BCUT2D eigenvalue weighted by Crippen LogP contribution is 2.18. The van der Waals surface area contributed by atoms with E-state index in [0.717, 1.165) is 16.8 Å². The maximum atomic E-state index is 12.2. The van der Waals surface area contributed by atoms with Gasteiger partial charge in [0.1, 0.15) is 0 Å². The van der Waals surface area contributed by atoms with E-state index in [4.69, 9.17) is 5.84 Å². The summed E-state index contributed by atoms with van der Waals surface area (Å²) >= 11 is 0. The SMILES string of the molecule is Cc1ccc(NC(=O)c2cc(C)ccc2NN)cc1. The van der Waals surface area contributed by atoms with Crippen LogP contribution in [0.4, 0.5) is 11.4 Å². The Bertz CT molecular complexity index is 591. The quantitative estimate of drug-likeness (QED) is 0.583. The van der Waals surface area contributed by atoms with Gasteiger partial charge in [-0.05, 0) is 38.1 Å². The van der Waals surface area contributed by atoms with Crippen LogP contribution in [0, 0.1) is 13.8 Å². The van der Waals surface area contributed by atoms with E-state index >= 15 is 0 Å². The van der Waals surface area contributed by atoms with Crippen LogP contribution in [0.15, 0.2) is 42.5 Å². The lowest BCUT2D eigenvalue weighted by atomic mass is 10.1. The Labute approximate surface area is 112 Å². The number of nitrogens with one attached hydrogen (secondary N) is 2. The summed E-state index contributed by atoms with van der Waals surface area (Å²) in [7, 11) is 0. The molecule has 0 aliphatic heterocycles. The molecule has 1 amide bonds. The van der Waals surface area contributed by atoms with Gasteiger partial charge in [0, 0.05) is 5.69 Å². The van der Waals surface area contributed by atoms with Crippen molar-refractivity contribution in [3.63, 3.8) is 0 Å². The summed E-state index contributed by atoms with van der Waals surface area (Å²) in [5, 5.41) is 2.85. The molecule has 19 heavy (non-hydrogen) atoms. The fourth-order valence-corrected chi connectivity index (χ4v) is 1.81. The summed E-state index contributed by atoms with van der Waals surface area (Å²) in [4.78, 5) is 12.2. The summed E-state index contributed by atoms with van der Waals surface area (Å²) in [6.45, 7) is 3.94. The van der Waals surface area contributed by atoms with E-state index in [-0.39, 0.29) is 5.91 Å². The van der Waals surface area contributed by atoms with Gasteiger partial charge in [0.25, 0.3) is 5.91 Å². The number of hydrazine groups is 1. The first-order chi connectivity index (χ1) is 9.10. The van der Waals surface area contributed by atoms with Crippen molar-refractivity contribution in [2.24, 2.45) is 5.84 Å². The van der Waals surface area contributed by atoms with Gasteiger partial charge >= 0.3 is 0 Å². The second-order valence-corrected chi connectivity index (χ2v) is 4.51. The highest BCUT2D eigenvalue weighted by atomic mass is 16.1. The van der Waals surface area contributed by atoms with Crippen molar-refractivity contribution in [1.29, 1.82) is 0 Å². The van der Waals surface area contributed by atoms with Gasteiger partial charge in [0.05, 0.1) is 11.3 Å². The fourth-order valence-electron chi connectivity index (χ4n) is 1.81. The maximum absolute atomic E-state index is 12.2. The first kappa shape index (κ1) is 13.1. The van der Waals surface area contributed by atoms with Gasteiger partial charge in [-0.3, -0.25) is 10.6 Å². The first-order valence-electron chi connectivity index (χ1n) is 6.05. The van der Waals surface area contributed by atoms with Gasteiger partial charge in [0.15, 0.2) is 0 Å². The van der Waals surface area contributed by atoms with Crippen LogP contribution in [0.1, 0.15) is 21.5 Å². The molecular weight excluding hydrogens is 238 g/mol. The number of aryl methyl sites for hydroxylation is 2. The van der Waals surface area contributed by atoms with Crippen LogP contribution in [0.25, 0.3) is 0 Å². The average molecular weight is 255 g/mol. The number of hydrogen-bond donors (Lipinski definition) is 3. The first-order valence-corrected chi connectivity index (χ1v) is 6.05. The molecule has 4 nitrogen and oxygen atoms in total. The number of nitrogens with two attached hydrogens (primary N) is 1. The summed E-state index contributed by atoms with van der Waals surface area (Å²) in [6, 6.07) is 13.1. The lowest BCUT2D eigenvalue weighted by Gasteiger charge is -2.10. The summed E-state index contributed by atoms with van der Waals surface area (Å²) in [5.41, 5.74) is 6.60. The Morgan fingerprint density at radius 3 is 2.26 bits per heavy atom. The molecule has 0 unspecified atom stereocenters. The van der Waals surface area contributed by atoms with Crippen LogP contribution in [-0.4, -0.2) is 5.91 Å². The van der Waals surface area contributed by atoms with Crippen molar-refractivity contribution in [2.45, 2.75) is 13.8 Å². The molecular formula is C15H17N3O. The minimum Gasteiger partial charge on any atom is -0.323 e. The monoisotopic (exact) mass is 255 g/mol. The Morgan fingerprint density at radius 1 is 1.00 bits per heavy atom. The maximum Gasteiger partial charge on any atom is 0.257 e. The molecule has 4 N–H and O–H groups in total. The molecule has 0 bridgehead atoms. The summed E-state index contributed by atoms with van der Waals surface area (Å²) < 4.78 is 0. The molecule has 0 atom stereocenters. The van der Waals surface area contributed by atoms with Crippen LogP contribution in [0.3, 0.4) is 0 Å². The predicted molar refractivity (Wildman–Crippen MR) is 78.1 cm³/mol. The standard InChI is InChI=1S/C15H17N3O/c1-10-3-6-12(7-4-10)17-15(19)13-9-11(2)5-8-14(13)18-16/h3-9,18H,16H2,1-2H3,(H,17,19).